The van der Waals surface area contributed by atoms with E-state index in [0.717, 1.165) is 32.7 Å². The summed E-state index contributed by atoms with van der Waals surface area (Å²) in [5, 5.41) is 0. The zero-order chi connectivity index (χ0) is 21.2. The molecule has 160 valence electrons. The third kappa shape index (κ3) is 5.27. The fourth-order valence-corrected chi connectivity index (χ4v) is 8.43. The minimum Gasteiger partial charge on any atom is -0.255 e. The van der Waals surface area contributed by atoms with Crippen molar-refractivity contribution >= 4 is 7.51 Å². The Kier molecular flexibility index (Phi) is 7.59. The monoisotopic (exact) mass is 406 g/mol. The molecule has 1 aromatic rings. The predicted molar refractivity (Wildman–Crippen MR) is 125 cm³/mol. The fraction of sp³-hybridized carbons (Fsp3) is 0.739. The molecule has 1 fully saturated rings. The van der Waals surface area contributed by atoms with E-state index in [1.165, 1.54) is 17.5 Å². The molecule has 0 spiro atoms. The molecule has 1 aromatic carbocycles. The third-order valence-corrected chi connectivity index (χ3v) is 9.87. The molecule has 0 aromatic heterocycles. The molecule has 1 aliphatic rings. The Labute approximate surface area is 174 Å². The number of hydrogen-bond donors (Lipinski definition) is 0. The Hall–Kier alpha value is -0.670. The van der Waals surface area contributed by atoms with Gasteiger partial charge in [0.15, 0.2) is 7.51 Å². The topological polar surface area (TPSA) is 22.1 Å². The van der Waals surface area contributed by atoms with E-state index in [1.54, 1.807) is 0 Å². The van der Waals surface area contributed by atoms with Crippen LogP contribution < -0.4 is 0 Å². The van der Waals surface area contributed by atoms with Crippen LogP contribution in [0.4, 0.5) is 0 Å². The zero-order valence-corrected chi connectivity index (χ0v) is 20.7. The van der Waals surface area contributed by atoms with Crippen LogP contribution in [0.1, 0.15) is 72.9 Å². The molecule has 4 nitrogen and oxygen atoms in total. The summed E-state index contributed by atoms with van der Waals surface area (Å²) in [5.41, 5.74) is 2.93. The molecule has 0 saturated carbocycles. The lowest BCUT2D eigenvalue weighted by Gasteiger charge is -2.52. The van der Waals surface area contributed by atoms with Gasteiger partial charge in [0, 0.05) is 32.7 Å². The van der Waals surface area contributed by atoms with Gasteiger partial charge in [0.25, 0.3) is 0 Å². The minimum absolute atomic E-state index is 0.0592. The van der Waals surface area contributed by atoms with Crippen molar-refractivity contribution in [1.82, 2.24) is 14.0 Å². The number of hydrogen-bond acceptors (Lipinski definition) is 1. The first-order valence-electron chi connectivity index (χ1n) is 10.9. The molecule has 0 radical (unpaired) electrons. The van der Waals surface area contributed by atoms with E-state index in [1.807, 2.05) is 0 Å². The SMILES string of the molecule is CCN(CC)P1(=NC(C)(C)C)N(C)CCCN1Cc1ccc(C(C)(C)C)cc1. The minimum atomic E-state index is -1.91. The van der Waals surface area contributed by atoms with Gasteiger partial charge in [0.1, 0.15) is 0 Å². The molecular formula is C23H43N4P. The highest BCUT2D eigenvalue weighted by atomic mass is 31.2. The van der Waals surface area contributed by atoms with Crippen molar-refractivity contribution in [2.75, 3.05) is 33.2 Å². The van der Waals surface area contributed by atoms with Crippen molar-refractivity contribution in [1.29, 1.82) is 0 Å². The largest absolute Gasteiger partial charge is 0.255 e. The van der Waals surface area contributed by atoms with Gasteiger partial charge < -0.3 is 0 Å². The van der Waals surface area contributed by atoms with Gasteiger partial charge in [-0.25, -0.2) is 14.0 Å². The van der Waals surface area contributed by atoms with Crippen LogP contribution in [-0.4, -0.2) is 52.8 Å². The van der Waals surface area contributed by atoms with Crippen LogP contribution in [0.3, 0.4) is 0 Å². The van der Waals surface area contributed by atoms with Crippen LogP contribution in [0.25, 0.3) is 0 Å². The van der Waals surface area contributed by atoms with Gasteiger partial charge in [-0.1, -0.05) is 58.9 Å². The van der Waals surface area contributed by atoms with E-state index in [9.17, 15) is 0 Å². The summed E-state index contributed by atoms with van der Waals surface area (Å²) in [5.74, 6) is 0. The lowest BCUT2D eigenvalue weighted by atomic mass is 9.87. The van der Waals surface area contributed by atoms with Crippen molar-refractivity contribution in [2.45, 2.75) is 79.3 Å². The van der Waals surface area contributed by atoms with Gasteiger partial charge in [0.2, 0.25) is 0 Å². The maximum absolute atomic E-state index is 5.55. The standard InChI is InChI=1S/C23H43N4P/c1-10-26(11-2)28(24-23(6,7)8)25(9)17-12-18-27(28)19-20-13-15-21(16-14-20)22(3,4)5/h13-16H,10-12,17-19H2,1-9H3. The van der Waals surface area contributed by atoms with Crippen molar-refractivity contribution in [2.24, 2.45) is 4.74 Å². The maximum atomic E-state index is 5.55. The normalized spacial score (nSPS) is 22.6. The van der Waals surface area contributed by atoms with Gasteiger partial charge in [-0.2, -0.15) is 0 Å². The number of nitrogens with zero attached hydrogens (tertiary/aromatic N) is 4. The molecule has 0 bridgehead atoms. The van der Waals surface area contributed by atoms with Gasteiger partial charge in [-0.3, -0.25) is 4.74 Å². The van der Waals surface area contributed by atoms with Gasteiger partial charge in [-0.15, -0.1) is 0 Å². The fourth-order valence-electron chi connectivity index (χ4n) is 4.06. The molecule has 1 aliphatic heterocycles. The zero-order valence-electron chi connectivity index (χ0n) is 19.8. The van der Waals surface area contributed by atoms with Crippen molar-refractivity contribution in [3.8, 4) is 0 Å². The highest BCUT2D eigenvalue weighted by molar-refractivity contribution is 7.59. The summed E-state index contributed by atoms with van der Waals surface area (Å²) in [6.45, 7) is 23.4. The summed E-state index contributed by atoms with van der Waals surface area (Å²) >= 11 is 0. The maximum Gasteiger partial charge on any atom is 0.168 e. The first-order valence-corrected chi connectivity index (χ1v) is 12.5. The molecule has 1 heterocycles. The summed E-state index contributed by atoms with van der Waals surface area (Å²) in [6, 6.07) is 9.26. The van der Waals surface area contributed by atoms with Crippen molar-refractivity contribution < 1.29 is 0 Å². The number of benzene rings is 1. The van der Waals surface area contributed by atoms with E-state index in [4.69, 9.17) is 4.74 Å². The smallest absolute Gasteiger partial charge is 0.168 e. The molecule has 0 N–H and O–H groups in total. The highest BCUT2D eigenvalue weighted by Gasteiger charge is 2.41. The van der Waals surface area contributed by atoms with Gasteiger partial charge >= 0.3 is 0 Å². The molecular weight excluding hydrogens is 363 g/mol. The second kappa shape index (κ2) is 9.00. The second-order valence-electron chi connectivity index (χ2n) is 10.0. The molecule has 2 rings (SSSR count). The van der Waals surface area contributed by atoms with Crippen LogP contribution in [0, 0.1) is 0 Å². The summed E-state index contributed by atoms with van der Waals surface area (Å²) in [7, 11) is 0.380. The molecule has 0 amide bonds. The van der Waals surface area contributed by atoms with E-state index < -0.39 is 7.51 Å². The number of rotatable bonds is 5. The van der Waals surface area contributed by atoms with E-state index in [0.29, 0.717) is 0 Å². The Morgan fingerprint density at radius 3 is 2.00 bits per heavy atom. The van der Waals surface area contributed by atoms with Crippen LogP contribution in [0.2, 0.25) is 0 Å². The Morgan fingerprint density at radius 1 is 0.964 bits per heavy atom. The quantitative estimate of drug-likeness (QED) is 0.543. The summed E-state index contributed by atoms with van der Waals surface area (Å²) in [4.78, 5) is 0. The Balaban J connectivity index is 2.48. The van der Waals surface area contributed by atoms with Gasteiger partial charge in [0.05, 0.1) is 5.54 Å². The first kappa shape index (κ1) is 23.6. The average Bonchev–Trinajstić information content (AvgIpc) is 2.58. The van der Waals surface area contributed by atoms with Crippen LogP contribution in [0.15, 0.2) is 29.0 Å². The second-order valence-corrected chi connectivity index (χ2v) is 13.1. The molecule has 1 unspecified atom stereocenters. The van der Waals surface area contributed by atoms with Crippen molar-refractivity contribution in [3.05, 3.63) is 35.4 Å². The van der Waals surface area contributed by atoms with Crippen LogP contribution in [0.5, 0.6) is 0 Å². The van der Waals surface area contributed by atoms with Crippen LogP contribution in [-0.2, 0) is 12.0 Å². The first-order chi connectivity index (χ1) is 12.9. The molecule has 1 saturated heterocycles. The van der Waals surface area contributed by atoms with E-state index in [-0.39, 0.29) is 11.0 Å². The summed E-state index contributed by atoms with van der Waals surface area (Å²) < 4.78 is 13.4. The summed E-state index contributed by atoms with van der Waals surface area (Å²) in [6.07, 6.45) is 1.21. The molecule has 5 heteroatoms. The van der Waals surface area contributed by atoms with Crippen LogP contribution >= 0.6 is 7.51 Å². The van der Waals surface area contributed by atoms with E-state index >= 15 is 0 Å². The van der Waals surface area contributed by atoms with E-state index in [2.05, 4.69) is 101 Å². The average molecular weight is 407 g/mol. The third-order valence-electron chi connectivity index (χ3n) is 5.46. The highest BCUT2D eigenvalue weighted by Crippen LogP contribution is 2.62. The predicted octanol–water partition coefficient (Wildman–Crippen LogP) is 6.21. The van der Waals surface area contributed by atoms with Crippen molar-refractivity contribution in [3.63, 3.8) is 0 Å². The molecule has 28 heavy (non-hydrogen) atoms. The molecule has 0 aliphatic carbocycles. The van der Waals surface area contributed by atoms with Gasteiger partial charge in [-0.05, 0) is 50.8 Å². The Bertz CT molecular complexity index is 678. The lowest BCUT2D eigenvalue weighted by molar-refractivity contribution is 0.280. The molecule has 1 atom stereocenters. The Morgan fingerprint density at radius 2 is 1.54 bits per heavy atom. The lowest BCUT2D eigenvalue weighted by Crippen LogP contribution is -2.45.